The predicted octanol–water partition coefficient (Wildman–Crippen LogP) is 1.13. The van der Waals surface area contributed by atoms with Crippen LogP contribution in [0.5, 0.6) is 0 Å². The molecule has 0 saturated heterocycles. The summed E-state index contributed by atoms with van der Waals surface area (Å²) in [4.78, 5) is 22.7. The summed E-state index contributed by atoms with van der Waals surface area (Å²) in [6.45, 7) is 0. The Bertz CT molecular complexity index is 410. The fraction of sp³-hybridized carbons (Fsp3) is 0.333. The summed E-state index contributed by atoms with van der Waals surface area (Å²) in [5.41, 5.74) is 0.601. The Morgan fingerprint density at radius 2 is 1.94 bits per heavy atom. The summed E-state index contributed by atoms with van der Waals surface area (Å²) in [6, 6.07) is 7.60. The number of nitrogens with one attached hydrogen (secondary N) is 1. The van der Waals surface area contributed by atoms with Gasteiger partial charge in [0.25, 0.3) is 0 Å². The molecule has 1 rings (SSSR count). The average molecular weight is 238 g/mol. The first-order chi connectivity index (χ1) is 8.60. The van der Waals surface area contributed by atoms with E-state index in [0.29, 0.717) is 5.56 Å². The van der Waals surface area contributed by atoms with Crippen LogP contribution in [0, 0.1) is 0 Å². The Labute approximate surface area is 101 Å². The minimum Gasteiger partial charge on any atom is -0.467 e. The number of rotatable bonds is 4. The SMILES string of the molecule is [2H]C(c1ccccc1)C(NC(=O)OC)C(=O)OC. The molecule has 0 radical (unpaired) electrons. The number of hydrogen-bond acceptors (Lipinski definition) is 4. The van der Waals surface area contributed by atoms with Crippen LogP contribution in [0.2, 0.25) is 0 Å². The summed E-state index contributed by atoms with van der Waals surface area (Å²) in [7, 11) is 2.39. The van der Waals surface area contributed by atoms with Crippen molar-refractivity contribution >= 4 is 12.1 Å². The number of esters is 1. The largest absolute Gasteiger partial charge is 0.467 e. The Balaban J connectivity index is 2.89. The summed E-state index contributed by atoms with van der Waals surface area (Å²) >= 11 is 0. The molecule has 0 spiro atoms. The van der Waals surface area contributed by atoms with Crippen molar-refractivity contribution in [2.75, 3.05) is 14.2 Å². The standard InChI is InChI=1S/C12H15NO4/c1-16-11(14)10(13-12(15)17-2)8-9-6-4-3-5-7-9/h3-7,10H,8H2,1-2H3,(H,13,15)/i8D. The van der Waals surface area contributed by atoms with Crippen molar-refractivity contribution in [2.24, 2.45) is 0 Å². The predicted molar refractivity (Wildman–Crippen MR) is 61.5 cm³/mol. The molecule has 92 valence electrons. The summed E-state index contributed by atoms with van der Waals surface area (Å²) < 4.78 is 17.0. The second kappa shape index (κ2) is 6.52. The Kier molecular flexibility index (Phi) is 4.39. The molecule has 0 fully saturated rings. The number of alkyl carbamates (subject to hydrolysis) is 1. The highest BCUT2D eigenvalue weighted by atomic mass is 16.5. The molecule has 1 amide bonds. The number of methoxy groups -OCH3 is 2. The molecule has 0 aliphatic carbocycles. The number of carbonyl (C=O) groups excluding carboxylic acids is 2. The van der Waals surface area contributed by atoms with Gasteiger partial charge in [0.15, 0.2) is 0 Å². The quantitative estimate of drug-likeness (QED) is 0.798. The van der Waals surface area contributed by atoms with E-state index in [0.717, 1.165) is 0 Å². The lowest BCUT2D eigenvalue weighted by atomic mass is 10.1. The first-order valence-electron chi connectivity index (χ1n) is 5.57. The van der Waals surface area contributed by atoms with Gasteiger partial charge in [-0.1, -0.05) is 30.3 Å². The highest BCUT2D eigenvalue weighted by Crippen LogP contribution is 2.04. The van der Waals surface area contributed by atoms with Crippen molar-refractivity contribution in [3.05, 3.63) is 35.9 Å². The van der Waals surface area contributed by atoms with Crippen molar-refractivity contribution in [1.82, 2.24) is 5.32 Å². The fourth-order valence-corrected chi connectivity index (χ4v) is 1.24. The number of ether oxygens (including phenoxy) is 2. The lowest BCUT2D eigenvalue weighted by molar-refractivity contribution is -0.142. The van der Waals surface area contributed by atoms with Crippen LogP contribution in [0.4, 0.5) is 4.79 Å². The summed E-state index contributed by atoms with van der Waals surface area (Å²) in [5, 5.41) is 2.29. The Morgan fingerprint density at radius 3 is 2.47 bits per heavy atom. The number of carbonyl (C=O) groups is 2. The zero-order valence-electron chi connectivity index (χ0n) is 10.7. The molecular weight excluding hydrogens is 222 g/mol. The summed E-state index contributed by atoms with van der Waals surface area (Å²) in [6.07, 6.45) is -1.74. The molecule has 1 aromatic carbocycles. The van der Waals surface area contributed by atoms with E-state index >= 15 is 0 Å². The van der Waals surface area contributed by atoms with Gasteiger partial charge in [-0.15, -0.1) is 0 Å². The second-order valence-electron chi connectivity index (χ2n) is 3.21. The molecule has 0 heterocycles. The van der Waals surface area contributed by atoms with Gasteiger partial charge in [0.05, 0.1) is 14.2 Å². The van der Waals surface area contributed by atoms with E-state index in [4.69, 9.17) is 1.37 Å². The molecule has 5 heteroatoms. The van der Waals surface area contributed by atoms with E-state index in [-0.39, 0.29) is 0 Å². The third-order valence-electron chi connectivity index (χ3n) is 2.07. The van der Waals surface area contributed by atoms with Gasteiger partial charge in [0.1, 0.15) is 6.04 Å². The maximum absolute atomic E-state index is 11.6. The lowest BCUT2D eigenvalue weighted by Crippen LogP contribution is -2.42. The van der Waals surface area contributed by atoms with Gasteiger partial charge >= 0.3 is 12.1 Å². The smallest absolute Gasteiger partial charge is 0.407 e. The molecule has 0 saturated carbocycles. The van der Waals surface area contributed by atoms with Gasteiger partial charge in [-0.2, -0.15) is 0 Å². The molecule has 0 aliphatic rings. The first kappa shape index (κ1) is 11.4. The van der Waals surface area contributed by atoms with Crippen molar-refractivity contribution in [1.29, 1.82) is 0 Å². The monoisotopic (exact) mass is 238 g/mol. The van der Waals surface area contributed by atoms with Crippen LogP contribution in [-0.4, -0.2) is 32.3 Å². The molecule has 0 aromatic heterocycles. The molecule has 2 unspecified atom stereocenters. The Morgan fingerprint density at radius 1 is 1.29 bits per heavy atom. The molecule has 1 N–H and O–H groups in total. The van der Waals surface area contributed by atoms with Gasteiger partial charge in [-0.05, 0) is 5.56 Å². The third kappa shape index (κ3) is 4.14. The Hall–Kier alpha value is -2.04. The second-order valence-corrected chi connectivity index (χ2v) is 3.21. The van der Waals surface area contributed by atoms with Crippen LogP contribution in [0.3, 0.4) is 0 Å². The number of amides is 1. The van der Waals surface area contributed by atoms with Crippen LogP contribution in [0.25, 0.3) is 0 Å². The van der Waals surface area contributed by atoms with Crippen LogP contribution in [-0.2, 0) is 20.7 Å². The third-order valence-corrected chi connectivity index (χ3v) is 2.07. The van der Waals surface area contributed by atoms with Crippen LogP contribution in [0.15, 0.2) is 30.3 Å². The molecule has 0 aliphatic heterocycles. The van der Waals surface area contributed by atoms with E-state index in [9.17, 15) is 9.59 Å². The van der Waals surface area contributed by atoms with Crippen molar-refractivity contribution in [3.8, 4) is 0 Å². The van der Waals surface area contributed by atoms with Crippen LogP contribution < -0.4 is 5.32 Å². The molecule has 0 bridgehead atoms. The molecule has 17 heavy (non-hydrogen) atoms. The normalized spacial score (nSPS) is 14.1. The molecular formula is C12H15NO4. The van der Waals surface area contributed by atoms with E-state index in [1.54, 1.807) is 30.3 Å². The minimum atomic E-state index is -1.11. The van der Waals surface area contributed by atoms with E-state index in [1.807, 2.05) is 0 Å². The molecule has 5 nitrogen and oxygen atoms in total. The van der Waals surface area contributed by atoms with Gasteiger partial charge in [0.2, 0.25) is 0 Å². The van der Waals surface area contributed by atoms with Crippen LogP contribution in [0.1, 0.15) is 6.93 Å². The van der Waals surface area contributed by atoms with Crippen molar-refractivity contribution in [2.45, 2.75) is 12.4 Å². The average Bonchev–Trinajstić information content (AvgIpc) is 2.43. The number of hydrogen-bond donors (Lipinski definition) is 1. The van der Waals surface area contributed by atoms with Crippen molar-refractivity contribution in [3.63, 3.8) is 0 Å². The zero-order valence-corrected chi connectivity index (χ0v) is 9.67. The zero-order chi connectivity index (χ0) is 13.5. The number of benzene rings is 1. The molecule has 1 aromatic rings. The minimum absolute atomic E-state index is 0.601. The van der Waals surface area contributed by atoms with Crippen molar-refractivity contribution < 1.29 is 20.4 Å². The van der Waals surface area contributed by atoms with E-state index < -0.39 is 24.5 Å². The topological polar surface area (TPSA) is 64.6 Å². The van der Waals surface area contributed by atoms with E-state index in [1.165, 1.54) is 14.2 Å². The molecule has 2 atom stereocenters. The lowest BCUT2D eigenvalue weighted by Gasteiger charge is -2.15. The maximum Gasteiger partial charge on any atom is 0.407 e. The maximum atomic E-state index is 11.6. The fourth-order valence-electron chi connectivity index (χ4n) is 1.24. The van der Waals surface area contributed by atoms with Gasteiger partial charge in [-0.25, -0.2) is 9.59 Å². The highest BCUT2D eigenvalue weighted by molar-refractivity contribution is 5.81. The van der Waals surface area contributed by atoms with Gasteiger partial charge < -0.3 is 14.8 Å². The first-order valence-corrected chi connectivity index (χ1v) is 4.99. The van der Waals surface area contributed by atoms with Crippen LogP contribution >= 0.6 is 0 Å². The van der Waals surface area contributed by atoms with E-state index in [2.05, 4.69) is 14.8 Å². The highest BCUT2D eigenvalue weighted by Gasteiger charge is 2.21. The summed E-state index contributed by atoms with van der Waals surface area (Å²) in [5.74, 6) is -0.691. The van der Waals surface area contributed by atoms with Gasteiger partial charge in [-0.3, -0.25) is 0 Å². The van der Waals surface area contributed by atoms with Gasteiger partial charge in [0, 0.05) is 7.77 Å².